The van der Waals surface area contributed by atoms with Gasteiger partial charge in [0.05, 0.1) is 24.0 Å². The van der Waals surface area contributed by atoms with Crippen molar-refractivity contribution in [2.75, 3.05) is 38.1 Å². The van der Waals surface area contributed by atoms with E-state index in [9.17, 15) is 31.8 Å². The van der Waals surface area contributed by atoms with Crippen LogP contribution >= 0.6 is 0 Å². The number of piperidine rings is 2. The Balaban J connectivity index is 1.44. The fourth-order valence-electron chi connectivity index (χ4n) is 4.75. The van der Waals surface area contributed by atoms with Gasteiger partial charge in [0, 0.05) is 56.8 Å². The molecule has 2 aliphatic rings. The normalized spacial score (nSPS) is 19.7. The van der Waals surface area contributed by atoms with Crippen molar-refractivity contribution in [2.45, 2.75) is 63.9 Å². The summed E-state index contributed by atoms with van der Waals surface area (Å²) in [5.74, 6) is 0.136. The predicted molar refractivity (Wildman–Crippen MR) is 133 cm³/mol. The number of halogens is 3. The quantitative estimate of drug-likeness (QED) is 0.445. The maximum atomic E-state index is 13.7. The number of aliphatic hydroxyl groups excluding tert-OH is 1. The number of aromatic nitrogens is 4. The van der Waals surface area contributed by atoms with E-state index in [0.717, 1.165) is 6.20 Å². The Kier molecular flexibility index (Phi) is 8.33. The first-order valence-electron chi connectivity index (χ1n) is 12.6. The summed E-state index contributed by atoms with van der Waals surface area (Å²) < 4.78 is 71.4. The number of rotatable bonds is 8. The number of nitrogens with zero attached hydrogens (tertiary/aromatic N) is 6. The molecule has 0 bridgehead atoms. The van der Waals surface area contributed by atoms with Crippen molar-refractivity contribution < 1.29 is 31.8 Å². The molecule has 0 atom stereocenters. The fraction of sp³-hybridized carbons (Fsp3) is 0.696. The van der Waals surface area contributed by atoms with Crippen molar-refractivity contribution in [3.05, 3.63) is 24.2 Å². The van der Waals surface area contributed by atoms with E-state index in [0.29, 0.717) is 38.8 Å². The van der Waals surface area contributed by atoms with E-state index in [-0.39, 0.29) is 55.4 Å². The van der Waals surface area contributed by atoms with Crippen LogP contribution in [0.4, 0.5) is 19.1 Å². The number of anilines is 1. The zero-order chi connectivity index (χ0) is 27.7. The second-order valence-corrected chi connectivity index (χ2v) is 12.5. The second-order valence-electron chi connectivity index (χ2n) is 10.5. The molecule has 212 valence electrons. The largest absolute Gasteiger partial charge is 0.419 e. The second kappa shape index (κ2) is 11.0. The Morgan fingerprint density at radius 3 is 2.21 bits per heavy atom. The molecule has 4 heterocycles. The van der Waals surface area contributed by atoms with Gasteiger partial charge in [0.2, 0.25) is 5.95 Å². The van der Waals surface area contributed by atoms with Gasteiger partial charge >= 0.3 is 6.18 Å². The number of hydrogen-bond acceptors (Lipinski definition) is 8. The van der Waals surface area contributed by atoms with Crippen molar-refractivity contribution >= 4 is 16.2 Å². The molecule has 2 aromatic rings. The minimum absolute atomic E-state index is 0.00983. The molecule has 15 heteroatoms. The molecular weight excluding hydrogens is 527 g/mol. The van der Waals surface area contributed by atoms with Crippen LogP contribution in [0.5, 0.6) is 0 Å². The standard InChI is InChI=1S/C23H34F3N7O4S/c1-22(2,35)15-31-13-17(11-28-31)20-19(23(24,25)26)12-27-21(30-20)29-18-5-9-33(10-6-18)38(36,37)32-7-3-16(14-34)4-8-32/h11-13,16,18,34-35H,3-10,14-15H2,1-2H3,(H,27,29,30). The summed E-state index contributed by atoms with van der Waals surface area (Å²) >= 11 is 0. The van der Waals surface area contributed by atoms with Gasteiger partial charge in [-0.1, -0.05) is 0 Å². The van der Waals surface area contributed by atoms with Crippen molar-refractivity contribution in [1.82, 2.24) is 28.4 Å². The van der Waals surface area contributed by atoms with Gasteiger partial charge in [0.25, 0.3) is 10.2 Å². The lowest BCUT2D eigenvalue weighted by Crippen LogP contribution is -2.51. The van der Waals surface area contributed by atoms with Gasteiger partial charge in [-0.15, -0.1) is 0 Å². The monoisotopic (exact) mass is 561 g/mol. The molecule has 3 N–H and O–H groups in total. The van der Waals surface area contributed by atoms with Crippen LogP contribution in [0.25, 0.3) is 11.3 Å². The third kappa shape index (κ3) is 6.81. The average Bonchev–Trinajstić information content (AvgIpc) is 3.30. The molecule has 0 saturated carbocycles. The maximum absolute atomic E-state index is 13.7. The summed E-state index contributed by atoms with van der Waals surface area (Å²) in [5, 5.41) is 26.4. The number of aliphatic hydroxyl groups is 2. The SMILES string of the molecule is CC(C)(O)Cn1cc(-c2nc(NC3CCN(S(=O)(=O)N4CCC(CO)CC4)CC3)ncc2C(F)(F)F)cn1. The lowest BCUT2D eigenvalue weighted by Gasteiger charge is -2.37. The molecule has 0 aliphatic carbocycles. The minimum Gasteiger partial charge on any atom is -0.396 e. The number of hydrogen-bond donors (Lipinski definition) is 3. The molecule has 0 aromatic carbocycles. The van der Waals surface area contributed by atoms with E-state index in [4.69, 9.17) is 0 Å². The molecule has 2 aliphatic heterocycles. The lowest BCUT2D eigenvalue weighted by molar-refractivity contribution is -0.137. The summed E-state index contributed by atoms with van der Waals surface area (Å²) in [4.78, 5) is 8.03. The Morgan fingerprint density at radius 1 is 1.05 bits per heavy atom. The molecule has 0 radical (unpaired) electrons. The van der Waals surface area contributed by atoms with E-state index < -0.39 is 27.6 Å². The summed E-state index contributed by atoms with van der Waals surface area (Å²) in [7, 11) is -3.61. The van der Waals surface area contributed by atoms with Gasteiger partial charge in [-0.05, 0) is 45.4 Å². The topological polar surface area (TPSA) is 137 Å². The zero-order valence-corrected chi connectivity index (χ0v) is 22.2. The van der Waals surface area contributed by atoms with E-state index >= 15 is 0 Å². The zero-order valence-electron chi connectivity index (χ0n) is 21.4. The van der Waals surface area contributed by atoms with Crippen LogP contribution in [0.1, 0.15) is 45.1 Å². The summed E-state index contributed by atoms with van der Waals surface area (Å²) in [6, 6.07) is -0.218. The molecule has 4 rings (SSSR count). The van der Waals surface area contributed by atoms with Gasteiger partial charge in [0.15, 0.2) is 0 Å². The molecular formula is C23H34F3N7O4S. The Morgan fingerprint density at radius 2 is 1.66 bits per heavy atom. The summed E-state index contributed by atoms with van der Waals surface area (Å²) in [6.07, 6.45) is 0.831. The lowest BCUT2D eigenvalue weighted by atomic mass is 10.00. The molecule has 11 nitrogen and oxygen atoms in total. The van der Waals surface area contributed by atoms with Gasteiger partial charge < -0.3 is 15.5 Å². The van der Waals surface area contributed by atoms with Crippen LogP contribution in [-0.2, 0) is 22.9 Å². The Bertz CT molecular complexity index is 1200. The summed E-state index contributed by atoms with van der Waals surface area (Å²) in [6.45, 7) is 4.55. The average molecular weight is 562 g/mol. The van der Waals surface area contributed by atoms with Crippen LogP contribution in [0.15, 0.2) is 18.6 Å². The molecule has 38 heavy (non-hydrogen) atoms. The number of nitrogens with one attached hydrogen (secondary N) is 1. The van der Waals surface area contributed by atoms with E-state index in [2.05, 4.69) is 20.4 Å². The summed E-state index contributed by atoms with van der Waals surface area (Å²) in [5.41, 5.74) is -2.30. The molecule has 2 saturated heterocycles. The van der Waals surface area contributed by atoms with Crippen molar-refractivity contribution in [3.8, 4) is 11.3 Å². The highest BCUT2D eigenvalue weighted by Gasteiger charge is 2.37. The first-order valence-corrected chi connectivity index (χ1v) is 14.0. The first kappa shape index (κ1) is 28.7. The van der Waals surface area contributed by atoms with Crippen molar-refractivity contribution in [1.29, 1.82) is 0 Å². The van der Waals surface area contributed by atoms with Crippen LogP contribution in [-0.4, -0.2) is 91.4 Å². The van der Waals surface area contributed by atoms with Crippen LogP contribution in [0, 0.1) is 5.92 Å². The highest BCUT2D eigenvalue weighted by molar-refractivity contribution is 7.86. The van der Waals surface area contributed by atoms with Crippen molar-refractivity contribution in [3.63, 3.8) is 0 Å². The molecule has 2 aromatic heterocycles. The van der Waals surface area contributed by atoms with Gasteiger partial charge in [-0.25, -0.2) is 9.97 Å². The Hall–Kier alpha value is -2.33. The smallest absolute Gasteiger partial charge is 0.396 e. The van der Waals surface area contributed by atoms with E-state index in [1.54, 1.807) is 13.8 Å². The minimum atomic E-state index is -4.68. The van der Waals surface area contributed by atoms with Crippen LogP contribution in [0.3, 0.4) is 0 Å². The van der Waals surface area contributed by atoms with Crippen LogP contribution < -0.4 is 5.32 Å². The van der Waals surface area contributed by atoms with Gasteiger partial charge in [0.1, 0.15) is 5.56 Å². The molecule has 0 amide bonds. The van der Waals surface area contributed by atoms with Gasteiger partial charge in [-0.2, -0.15) is 35.3 Å². The van der Waals surface area contributed by atoms with Crippen LogP contribution in [0.2, 0.25) is 0 Å². The number of alkyl halides is 3. The highest BCUT2D eigenvalue weighted by atomic mass is 32.2. The highest BCUT2D eigenvalue weighted by Crippen LogP contribution is 2.36. The fourth-order valence-corrected chi connectivity index (χ4v) is 6.42. The molecule has 2 fully saturated rings. The Labute approximate surface area is 219 Å². The third-order valence-electron chi connectivity index (χ3n) is 6.82. The van der Waals surface area contributed by atoms with E-state index in [1.165, 1.54) is 25.7 Å². The van der Waals surface area contributed by atoms with Gasteiger partial charge in [-0.3, -0.25) is 4.68 Å². The predicted octanol–water partition coefficient (Wildman–Crippen LogP) is 1.96. The maximum Gasteiger partial charge on any atom is 0.419 e. The first-order chi connectivity index (χ1) is 17.8. The molecule has 0 spiro atoms. The molecule has 0 unspecified atom stereocenters. The van der Waals surface area contributed by atoms with Crippen molar-refractivity contribution in [2.24, 2.45) is 5.92 Å². The van der Waals surface area contributed by atoms with E-state index in [1.807, 2.05) is 0 Å². The third-order valence-corrected chi connectivity index (χ3v) is 8.86.